The van der Waals surface area contributed by atoms with Crippen LogP contribution in [0.2, 0.25) is 0 Å². The zero-order valence-electron chi connectivity index (χ0n) is 8.18. The second-order valence-corrected chi connectivity index (χ2v) is 4.32. The minimum Gasteiger partial charge on any atom is -0.373 e. The number of halogens is 1. The van der Waals surface area contributed by atoms with Crippen LogP contribution >= 0.6 is 15.9 Å². The molecule has 0 aromatic carbocycles. The van der Waals surface area contributed by atoms with Crippen LogP contribution < -0.4 is 10.6 Å². The summed E-state index contributed by atoms with van der Waals surface area (Å²) in [7, 11) is 1.89. The van der Waals surface area contributed by atoms with Crippen LogP contribution in [0.25, 0.3) is 0 Å². The highest BCUT2D eigenvalue weighted by molar-refractivity contribution is 9.10. The Bertz CT molecular complexity index is 321. The summed E-state index contributed by atoms with van der Waals surface area (Å²) in [5.41, 5.74) is 1.12. The minimum absolute atomic E-state index is 0.415. The molecule has 14 heavy (non-hydrogen) atoms. The van der Waals surface area contributed by atoms with E-state index in [-0.39, 0.29) is 0 Å². The molecule has 1 aromatic heterocycles. The first-order valence-corrected chi connectivity index (χ1v) is 5.68. The van der Waals surface area contributed by atoms with Crippen molar-refractivity contribution in [1.29, 1.82) is 0 Å². The molecule has 1 aliphatic heterocycles. The van der Waals surface area contributed by atoms with Gasteiger partial charge in [0.15, 0.2) is 0 Å². The maximum atomic E-state index is 4.55. The van der Waals surface area contributed by atoms with Gasteiger partial charge in [-0.1, -0.05) is 0 Å². The number of rotatable bonds is 2. The molecule has 0 radical (unpaired) electrons. The van der Waals surface area contributed by atoms with Crippen molar-refractivity contribution in [3.63, 3.8) is 0 Å². The lowest BCUT2D eigenvalue weighted by atomic mass is 10.1. The summed E-state index contributed by atoms with van der Waals surface area (Å²) in [5.74, 6) is 0.928. The number of anilines is 1. The molecule has 1 saturated heterocycles. The van der Waals surface area contributed by atoms with E-state index in [2.05, 4.69) is 31.5 Å². The van der Waals surface area contributed by atoms with E-state index >= 15 is 0 Å². The monoisotopic (exact) mass is 255 g/mol. The van der Waals surface area contributed by atoms with Crippen molar-refractivity contribution >= 4 is 21.7 Å². The van der Waals surface area contributed by atoms with Crippen LogP contribution in [0.15, 0.2) is 16.6 Å². The van der Waals surface area contributed by atoms with Crippen LogP contribution in [0.3, 0.4) is 0 Å². The maximum absolute atomic E-state index is 4.55. The van der Waals surface area contributed by atoms with Gasteiger partial charge in [0.05, 0.1) is 11.7 Å². The molecule has 0 amide bonds. The Kier molecular flexibility index (Phi) is 3.03. The highest BCUT2D eigenvalue weighted by Crippen LogP contribution is 2.28. The number of aromatic nitrogens is 1. The Labute approximate surface area is 92.4 Å². The van der Waals surface area contributed by atoms with Gasteiger partial charge in [0.25, 0.3) is 0 Å². The van der Waals surface area contributed by atoms with E-state index in [0.717, 1.165) is 22.5 Å². The zero-order valence-corrected chi connectivity index (χ0v) is 9.76. The quantitative estimate of drug-likeness (QED) is 0.852. The van der Waals surface area contributed by atoms with E-state index in [1.165, 1.54) is 12.8 Å². The first kappa shape index (κ1) is 9.93. The van der Waals surface area contributed by atoms with Gasteiger partial charge in [-0.05, 0) is 47.4 Å². The van der Waals surface area contributed by atoms with Gasteiger partial charge in [0, 0.05) is 11.5 Å². The van der Waals surface area contributed by atoms with Crippen molar-refractivity contribution < 1.29 is 0 Å². The third kappa shape index (κ3) is 1.91. The number of pyridine rings is 1. The summed E-state index contributed by atoms with van der Waals surface area (Å²) in [6, 6.07) is 4.44. The molecule has 0 spiro atoms. The van der Waals surface area contributed by atoms with Gasteiger partial charge in [-0.25, -0.2) is 4.98 Å². The molecule has 0 aliphatic carbocycles. The summed E-state index contributed by atoms with van der Waals surface area (Å²) in [6.45, 7) is 1.10. The number of nitrogens with zero attached hydrogens (tertiary/aromatic N) is 1. The van der Waals surface area contributed by atoms with Crippen LogP contribution in [0, 0.1) is 0 Å². The second kappa shape index (κ2) is 4.28. The van der Waals surface area contributed by atoms with Crippen LogP contribution in [-0.4, -0.2) is 18.6 Å². The van der Waals surface area contributed by atoms with Gasteiger partial charge in [0.2, 0.25) is 0 Å². The van der Waals surface area contributed by atoms with E-state index in [4.69, 9.17) is 0 Å². The highest BCUT2D eigenvalue weighted by Gasteiger charge is 2.20. The normalized spacial score (nSPS) is 21.1. The lowest BCUT2D eigenvalue weighted by Gasteiger charge is -2.12. The molecule has 0 bridgehead atoms. The SMILES string of the molecule is CNc1ccc(Br)c(C2CCCN2)n1. The smallest absolute Gasteiger partial charge is 0.126 e. The average molecular weight is 256 g/mol. The molecule has 2 rings (SSSR count). The number of nitrogens with one attached hydrogen (secondary N) is 2. The third-order valence-electron chi connectivity index (χ3n) is 2.52. The maximum Gasteiger partial charge on any atom is 0.126 e. The molecule has 4 heteroatoms. The predicted molar refractivity (Wildman–Crippen MR) is 61.5 cm³/mol. The number of hydrogen-bond donors (Lipinski definition) is 2. The molecule has 0 saturated carbocycles. The minimum atomic E-state index is 0.415. The Morgan fingerprint density at radius 3 is 3.07 bits per heavy atom. The van der Waals surface area contributed by atoms with Crippen LogP contribution in [0.5, 0.6) is 0 Å². The molecule has 3 nitrogen and oxygen atoms in total. The molecule has 76 valence electrons. The molecule has 1 fully saturated rings. The Morgan fingerprint density at radius 1 is 1.57 bits per heavy atom. The van der Waals surface area contributed by atoms with Crippen LogP contribution in [0.4, 0.5) is 5.82 Å². The molecule has 2 N–H and O–H groups in total. The molecule has 1 atom stereocenters. The second-order valence-electron chi connectivity index (χ2n) is 3.46. The van der Waals surface area contributed by atoms with Crippen molar-refractivity contribution in [2.75, 3.05) is 18.9 Å². The summed E-state index contributed by atoms with van der Waals surface area (Å²) in [4.78, 5) is 4.55. The topological polar surface area (TPSA) is 37.0 Å². The van der Waals surface area contributed by atoms with Gasteiger partial charge >= 0.3 is 0 Å². The molecule has 1 aromatic rings. The fourth-order valence-corrected chi connectivity index (χ4v) is 2.26. The Hall–Kier alpha value is -0.610. The zero-order chi connectivity index (χ0) is 9.97. The van der Waals surface area contributed by atoms with Crippen molar-refractivity contribution in [1.82, 2.24) is 10.3 Å². The summed E-state index contributed by atoms with van der Waals surface area (Å²) < 4.78 is 1.09. The van der Waals surface area contributed by atoms with Crippen LogP contribution in [-0.2, 0) is 0 Å². The third-order valence-corrected chi connectivity index (χ3v) is 3.19. The molecule has 1 aliphatic rings. The fourth-order valence-electron chi connectivity index (χ4n) is 1.76. The molecule has 2 heterocycles. The van der Waals surface area contributed by atoms with Gasteiger partial charge in [-0.3, -0.25) is 0 Å². The first-order chi connectivity index (χ1) is 6.81. The molecular formula is C10H14BrN3. The highest BCUT2D eigenvalue weighted by atomic mass is 79.9. The van der Waals surface area contributed by atoms with E-state index in [1.807, 2.05) is 19.2 Å². The van der Waals surface area contributed by atoms with Gasteiger partial charge < -0.3 is 10.6 Å². The Balaban J connectivity index is 2.29. The standard InChI is InChI=1S/C10H14BrN3/c1-12-9-5-4-7(11)10(14-9)8-3-2-6-13-8/h4-5,8,13H,2-3,6H2,1H3,(H,12,14). The lowest BCUT2D eigenvalue weighted by molar-refractivity contribution is 0.625. The summed E-state index contributed by atoms with van der Waals surface area (Å²) in [5, 5.41) is 6.50. The van der Waals surface area contributed by atoms with Crippen molar-refractivity contribution in [2.45, 2.75) is 18.9 Å². The summed E-state index contributed by atoms with van der Waals surface area (Å²) >= 11 is 3.54. The molecule has 1 unspecified atom stereocenters. The first-order valence-electron chi connectivity index (χ1n) is 4.89. The fraction of sp³-hybridized carbons (Fsp3) is 0.500. The van der Waals surface area contributed by atoms with Gasteiger partial charge in [-0.2, -0.15) is 0 Å². The van der Waals surface area contributed by atoms with Crippen molar-refractivity contribution in [3.05, 3.63) is 22.3 Å². The summed E-state index contributed by atoms with van der Waals surface area (Å²) in [6.07, 6.45) is 2.42. The van der Waals surface area contributed by atoms with Gasteiger partial charge in [0.1, 0.15) is 5.82 Å². The van der Waals surface area contributed by atoms with E-state index in [1.54, 1.807) is 0 Å². The lowest BCUT2D eigenvalue weighted by Crippen LogP contribution is -2.15. The predicted octanol–water partition coefficient (Wildman–Crippen LogP) is 2.31. The average Bonchev–Trinajstić information content (AvgIpc) is 2.71. The van der Waals surface area contributed by atoms with Gasteiger partial charge in [-0.15, -0.1) is 0 Å². The Morgan fingerprint density at radius 2 is 2.43 bits per heavy atom. The van der Waals surface area contributed by atoms with E-state index in [0.29, 0.717) is 6.04 Å². The van der Waals surface area contributed by atoms with E-state index < -0.39 is 0 Å². The van der Waals surface area contributed by atoms with Crippen LogP contribution in [0.1, 0.15) is 24.6 Å². The number of hydrogen-bond acceptors (Lipinski definition) is 3. The van der Waals surface area contributed by atoms with E-state index in [9.17, 15) is 0 Å². The largest absolute Gasteiger partial charge is 0.373 e. The van der Waals surface area contributed by atoms with Crippen molar-refractivity contribution in [2.24, 2.45) is 0 Å². The molecular weight excluding hydrogens is 242 g/mol. The van der Waals surface area contributed by atoms with Crippen molar-refractivity contribution in [3.8, 4) is 0 Å².